The molecule has 8 heteroatoms. The smallest absolute Gasteiger partial charge is 0.255 e. The lowest BCUT2D eigenvalue weighted by atomic mass is 9.94. The first-order valence-electron chi connectivity index (χ1n) is 8.08. The molecule has 0 saturated heterocycles. The molecule has 3 N–H and O–H groups in total. The summed E-state index contributed by atoms with van der Waals surface area (Å²) in [6.07, 6.45) is 0. The van der Waals surface area contributed by atoms with E-state index < -0.39 is 17.8 Å². The summed E-state index contributed by atoms with van der Waals surface area (Å²) in [4.78, 5) is 13.0. The summed E-state index contributed by atoms with van der Waals surface area (Å²) in [6.45, 7) is 1.71. The van der Waals surface area contributed by atoms with Crippen LogP contribution in [-0.2, 0) is 4.79 Å². The van der Waals surface area contributed by atoms with E-state index in [9.17, 15) is 9.18 Å². The highest BCUT2D eigenvalue weighted by Gasteiger charge is 2.31. The van der Waals surface area contributed by atoms with Crippen molar-refractivity contribution in [3.63, 3.8) is 0 Å². The number of carbonyl (C=O) groups excluding carboxylic acids is 1. The molecule has 3 rings (SSSR count). The van der Waals surface area contributed by atoms with E-state index in [-0.39, 0.29) is 0 Å². The van der Waals surface area contributed by atoms with Gasteiger partial charge in [0, 0.05) is 16.3 Å². The summed E-state index contributed by atoms with van der Waals surface area (Å²) in [7, 11) is 1.49. The molecule has 140 valence electrons. The summed E-state index contributed by atoms with van der Waals surface area (Å²) in [6, 6.07) is 10.4. The molecule has 0 saturated carbocycles. The minimum atomic E-state index is -0.731. The number of anilines is 1. The monoisotopic (exact) mass is 405 g/mol. The van der Waals surface area contributed by atoms with Crippen molar-refractivity contribution in [3.05, 3.63) is 70.1 Å². The van der Waals surface area contributed by atoms with Gasteiger partial charge >= 0.3 is 0 Å². The molecule has 1 aliphatic rings. The van der Waals surface area contributed by atoms with Gasteiger partial charge in [-0.2, -0.15) is 0 Å². The molecule has 0 fully saturated rings. The molecule has 0 bridgehead atoms. The maximum Gasteiger partial charge on any atom is 0.255 e. The van der Waals surface area contributed by atoms with Gasteiger partial charge < -0.3 is 20.7 Å². The van der Waals surface area contributed by atoms with E-state index in [2.05, 4.69) is 16.0 Å². The maximum absolute atomic E-state index is 14.4. The third-order valence-corrected chi connectivity index (χ3v) is 4.59. The quantitative estimate of drug-likeness (QED) is 0.673. The van der Waals surface area contributed by atoms with Crippen LogP contribution in [0.5, 0.6) is 5.75 Å². The van der Waals surface area contributed by atoms with Gasteiger partial charge in [-0.1, -0.05) is 29.8 Å². The molecule has 1 unspecified atom stereocenters. The Hall–Kier alpha value is -2.64. The first-order valence-corrected chi connectivity index (χ1v) is 8.87. The lowest BCUT2D eigenvalue weighted by Gasteiger charge is -2.30. The summed E-state index contributed by atoms with van der Waals surface area (Å²) in [5.74, 6) is -0.400. The Bertz CT molecular complexity index is 948. The first kappa shape index (κ1) is 19.1. The number of rotatable bonds is 4. The van der Waals surface area contributed by atoms with Crippen molar-refractivity contribution in [2.45, 2.75) is 13.0 Å². The number of allylic oxidation sites excluding steroid dienone is 1. The van der Waals surface area contributed by atoms with Crippen LogP contribution in [0.25, 0.3) is 0 Å². The van der Waals surface area contributed by atoms with Gasteiger partial charge in [0.25, 0.3) is 5.91 Å². The molecule has 1 atom stereocenters. The largest absolute Gasteiger partial charge is 0.495 e. The van der Waals surface area contributed by atoms with Crippen LogP contribution in [0.1, 0.15) is 18.5 Å². The van der Waals surface area contributed by atoms with Gasteiger partial charge in [-0.25, -0.2) is 4.39 Å². The van der Waals surface area contributed by atoms with E-state index in [0.29, 0.717) is 38.4 Å². The van der Waals surface area contributed by atoms with Crippen molar-refractivity contribution in [1.29, 1.82) is 0 Å². The second-order valence-electron chi connectivity index (χ2n) is 5.89. The molecule has 1 aliphatic heterocycles. The van der Waals surface area contributed by atoms with Crippen LogP contribution >= 0.6 is 23.8 Å². The van der Waals surface area contributed by atoms with Gasteiger partial charge in [0.2, 0.25) is 0 Å². The van der Waals surface area contributed by atoms with E-state index in [1.165, 1.54) is 13.2 Å². The number of halogens is 2. The molecule has 1 heterocycles. The highest BCUT2D eigenvalue weighted by molar-refractivity contribution is 7.80. The first-order chi connectivity index (χ1) is 12.9. The van der Waals surface area contributed by atoms with E-state index in [1.807, 2.05) is 0 Å². The van der Waals surface area contributed by atoms with Crippen molar-refractivity contribution in [2.24, 2.45) is 0 Å². The second-order valence-corrected chi connectivity index (χ2v) is 6.74. The number of methoxy groups -OCH3 is 1. The lowest BCUT2D eigenvalue weighted by Crippen LogP contribution is -2.46. The third-order valence-electron chi connectivity index (χ3n) is 4.14. The third kappa shape index (κ3) is 4.04. The number of carbonyl (C=O) groups is 1. The van der Waals surface area contributed by atoms with Gasteiger partial charge in [-0.3, -0.25) is 4.79 Å². The Balaban J connectivity index is 2.00. The molecule has 5 nitrogen and oxygen atoms in total. The molecular weight excluding hydrogens is 389 g/mol. The molecule has 2 aromatic rings. The van der Waals surface area contributed by atoms with Crippen molar-refractivity contribution in [3.8, 4) is 5.75 Å². The van der Waals surface area contributed by atoms with Crippen LogP contribution < -0.4 is 20.7 Å². The average Bonchev–Trinajstić information content (AvgIpc) is 2.61. The molecule has 27 heavy (non-hydrogen) atoms. The van der Waals surface area contributed by atoms with Gasteiger partial charge in [0.05, 0.1) is 24.4 Å². The molecule has 0 spiro atoms. The molecule has 0 aliphatic carbocycles. The van der Waals surface area contributed by atoms with Crippen molar-refractivity contribution in [1.82, 2.24) is 10.6 Å². The fourth-order valence-corrected chi connectivity index (χ4v) is 3.35. The Morgan fingerprint density at radius 2 is 2.04 bits per heavy atom. The summed E-state index contributed by atoms with van der Waals surface area (Å²) in [5, 5.41) is 9.43. The Morgan fingerprint density at radius 3 is 2.74 bits per heavy atom. The van der Waals surface area contributed by atoms with Crippen LogP contribution in [0.3, 0.4) is 0 Å². The van der Waals surface area contributed by atoms with Gasteiger partial charge in [-0.05, 0) is 43.4 Å². The van der Waals surface area contributed by atoms with Crippen molar-refractivity contribution >= 4 is 40.5 Å². The fraction of sp³-hybridized carbons (Fsp3) is 0.158. The summed E-state index contributed by atoms with van der Waals surface area (Å²) in [5.41, 5.74) is 1.58. The number of nitrogens with one attached hydrogen (secondary N) is 3. The number of thiocarbonyl (C=S) groups is 1. The highest BCUT2D eigenvalue weighted by atomic mass is 35.5. The van der Waals surface area contributed by atoms with Gasteiger partial charge in [0.15, 0.2) is 5.11 Å². The zero-order chi connectivity index (χ0) is 19.6. The van der Waals surface area contributed by atoms with Crippen molar-refractivity contribution in [2.75, 3.05) is 12.4 Å². The van der Waals surface area contributed by atoms with Crippen LogP contribution in [0.2, 0.25) is 5.02 Å². The van der Waals surface area contributed by atoms with Gasteiger partial charge in [-0.15, -0.1) is 0 Å². The Kier molecular flexibility index (Phi) is 5.62. The van der Waals surface area contributed by atoms with E-state index in [4.69, 9.17) is 28.6 Å². The van der Waals surface area contributed by atoms with E-state index in [0.717, 1.165) is 0 Å². The van der Waals surface area contributed by atoms with E-state index >= 15 is 0 Å². The average molecular weight is 406 g/mol. The zero-order valence-corrected chi connectivity index (χ0v) is 16.2. The number of hydrogen-bond acceptors (Lipinski definition) is 3. The number of amides is 1. The minimum absolute atomic E-state index is 0.315. The maximum atomic E-state index is 14.4. The van der Waals surface area contributed by atoms with Crippen molar-refractivity contribution < 1.29 is 13.9 Å². The van der Waals surface area contributed by atoms with Crippen LogP contribution in [0.15, 0.2) is 53.7 Å². The SMILES string of the molecule is COc1ccc(Cl)cc1NC(=O)C1=C(C)NC(=S)NC1c1ccccc1F. The summed E-state index contributed by atoms with van der Waals surface area (Å²) >= 11 is 11.2. The van der Waals surface area contributed by atoms with Crippen LogP contribution in [0.4, 0.5) is 10.1 Å². The molecule has 1 amide bonds. The molecule has 2 aromatic carbocycles. The lowest BCUT2D eigenvalue weighted by molar-refractivity contribution is -0.113. The minimum Gasteiger partial charge on any atom is -0.495 e. The topological polar surface area (TPSA) is 62.4 Å². The number of hydrogen-bond donors (Lipinski definition) is 3. The van der Waals surface area contributed by atoms with E-state index in [1.54, 1.807) is 43.3 Å². The predicted molar refractivity (Wildman–Crippen MR) is 107 cm³/mol. The number of ether oxygens (including phenoxy) is 1. The Morgan fingerprint density at radius 1 is 1.30 bits per heavy atom. The van der Waals surface area contributed by atoms with Crippen LogP contribution in [-0.4, -0.2) is 18.1 Å². The Labute approximate surface area is 166 Å². The predicted octanol–water partition coefficient (Wildman–Crippen LogP) is 3.92. The summed E-state index contributed by atoms with van der Waals surface area (Å²) < 4.78 is 19.6. The molecule has 0 aromatic heterocycles. The standard InChI is InChI=1S/C19H17ClFN3O2S/c1-10-16(18(25)23-14-9-11(20)7-8-15(14)26-2)17(24-19(27)22-10)12-5-3-4-6-13(12)21/h3-9,17H,1-2H3,(H,23,25)(H2,22,24,27). The fourth-order valence-electron chi connectivity index (χ4n) is 2.90. The van der Waals surface area contributed by atoms with Gasteiger partial charge in [0.1, 0.15) is 11.6 Å². The second kappa shape index (κ2) is 7.94. The number of benzene rings is 2. The molecule has 0 radical (unpaired) electrons. The normalized spacial score (nSPS) is 16.4. The molecular formula is C19H17ClFN3O2S. The zero-order valence-electron chi connectivity index (χ0n) is 14.6. The highest BCUT2D eigenvalue weighted by Crippen LogP contribution is 2.32. The van der Waals surface area contributed by atoms with Crippen LogP contribution in [0, 0.1) is 5.82 Å².